The molecule has 2 heterocycles. The number of thiazole rings is 1. The number of rotatable bonds is 0. The summed E-state index contributed by atoms with van der Waals surface area (Å²) in [5.74, 6) is 0. The maximum atomic E-state index is 8.55. The number of aromatic nitrogens is 2. The minimum atomic E-state index is 0.650. The lowest BCUT2D eigenvalue weighted by atomic mass is 10.5. The van der Waals surface area contributed by atoms with Crippen LogP contribution in [0.25, 0.3) is 4.83 Å². The average Bonchev–Trinajstić information content (AvgIpc) is 2.44. The lowest BCUT2D eigenvalue weighted by molar-refractivity contribution is 1.14. The number of hydrogen-bond donors (Lipinski definition) is 0. The zero-order chi connectivity index (χ0) is 6.97. The van der Waals surface area contributed by atoms with Gasteiger partial charge in [0.2, 0.25) is 0 Å². The third-order valence-corrected chi connectivity index (χ3v) is 2.15. The van der Waals surface area contributed by atoms with Crippen molar-refractivity contribution >= 4 is 16.2 Å². The monoisotopic (exact) mass is 149 g/mol. The van der Waals surface area contributed by atoms with E-state index in [1.54, 1.807) is 16.9 Å². The van der Waals surface area contributed by atoms with E-state index in [0.29, 0.717) is 5.69 Å². The molecule has 2 aromatic rings. The van der Waals surface area contributed by atoms with Crippen molar-refractivity contribution in [1.82, 2.24) is 9.38 Å². The quantitative estimate of drug-likeness (QED) is 0.566. The van der Waals surface area contributed by atoms with Gasteiger partial charge < -0.3 is 0 Å². The van der Waals surface area contributed by atoms with Crippen LogP contribution in [0.15, 0.2) is 17.9 Å². The molecule has 0 radical (unpaired) electrons. The highest BCUT2D eigenvalue weighted by molar-refractivity contribution is 7.15. The van der Waals surface area contributed by atoms with Gasteiger partial charge in [-0.25, -0.2) is 4.98 Å². The summed E-state index contributed by atoms with van der Waals surface area (Å²) >= 11 is 1.52. The summed E-state index contributed by atoms with van der Waals surface area (Å²) in [7, 11) is 0. The Morgan fingerprint density at radius 3 is 3.40 bits per heavy atom. The Kier molecular flexibility index (Phi) is 0.992. The summed E-state index contributed by atoms with van der Waals surface area (Å²) in [5.41, 5.74) is 0.650. The molecule has 0 amide bonds. The summed E-state index contributed by atoms with van der Waals surface area (Å²) in [4.78, 5) is 4.90. The molecular formula is C6H3N3S. The minimum absolute atomic E-state index is 0.650. The fourth-order valence-corrected chi connectivity index (χ4v) is 1.58. The minimum Gasteiger partial charge on any atom is -0.281 e. The first-order valence-electron chi connectivity index (χ1n) is 2.71. The van der Waals surface area contributed by atoms with Crippen LogP contribution in [0.1, 0.15) is 5.69 Å². The Morgan fingerprint density at radius 1 is 1.70 bits per heavy atom. The van der Waals surface area contributed by atoms with Crippen molar-refractivity contribution in [3.05, 3.63) is 23.6 Å². The van der Waals surface area contributed by atoms with Crippen molar-refractivity contribution in [3.63, 3.8) is 0 Å². The van der Waals surface area contributed by atoms with Crippen molar-refractivity contribution in [2.75, 3.05) is 0 Å². The fraction of sp³-hybridized carbons (Fsp3) is 0. The zero-order valence-corrected chi connectivity index (χ0v) is 5.80. The van der Waals surface area contributed by atoms with Crippen molar-refractivity contribution in [2.45, 2.75) is 0 Å². The van der Waals surface area contributed by atoms with Crippen LogP contribution in [0.5, 0.6) is 0 Å². The van der Waals surface area contributed by atoms with E-state index in [1.807, 2.05) is 5.38 Å². The zero-order valence-electron chi connectivity index (χ0n) is 4.98. The summed E-state index contributed by atoms with van der Waals surface area (Å²) in [6, 6.07) is 2.07. The van der Waals surface area contributed by atoms with E-state index in [2.05, 4.69) is 11.1 Å². The van der Waals surface area contributed by atoms with Gasteiger partial charge in [0.1, 0.15) is 22.9 Å². The highest BCUT2D eigenvalue weighted by atomic mass is 32.1. The summed E-state index contributed by atoms with van der Waals surface area (Å²) in [6.07, 6.45) is 3.38. The Labute approximate surface area is 61.2 Å². The smallest absolute Gasteiger partial charge is 0.136 e. The van der Waals surface area contributed by atoms with Gasteiger partial charge >= 0.3 is 0 Å². The number of nitriles is 1. The van der Waals surface area contributed by atoms with E-state index in [4.69, 9.17) is 5.26 Å². The van der Waals surface area contributed by atoms with Crippen molar-refractivity contribution in [2.24, 2.45) is 0 Å². The molecule has 0 saturated heterocycles. The van der Waals surface area contributed by atoms with Crippen LogP contribution < -0.4 is 0 Å². The van der Waals surface area contributed by atoms with Crippen LogP contribution in [0.2, 0.25) is 0 Å². The van der Waals surface area contributed by atoms with Gasteiger partial charge in [-0.1, -0.05) is 0 Å². The molecule has 2 rings (SSSR count). The summed E-state index contributed by atoms with van der Waals surface area (Å²) in [6.45, 7) is 0. The molecule has 48 valence electrons. The van der Waals surface area contributed by atoms with Crippen LogP contribution in [0.3, 0.4) is 0 Å². The van der Waals surface area contributed by atoms with Gasteiger partial charge in [0.25, 0.3) is 0 Å². The third-order valence-electron chi connectivity index (χ3n) is 1.27. The van der Waals surface area contributed by atoms with Gasteiger partial charge in [0, 0.05) is 5.38 Å². The molecule has 4 heteroatoms. The molecule has 0 aromatic carbocycles. The second-order valence-corrected chi connectivity index (χ2v) is 2.72. The van der Waals surface area contributed by atoms with Crippen LogP contribution in [-0.4, -0.2) is 9.38 Å². The Morgan fingerprint density at radius 2 is 2.60 bits per heavy atom. The fourth-order valence-electron chi connectivity index (χ4n) is 0.804. The van der Waals surface area contributed by atoms with E-state index in [1.165, 1.54) is 11.3 Å². The molecule has 0 N–H and O–H groups in total. The molecule has 0 bridgehead atoms. The topological polar surface area (TPSA) is 41.1 Å². The SMILES string of the molecule is N#Cc1csc2cncn12. The predicted octanol–water partition coefficient (Wildman–Crippen LogP) is 1.27. The van der Waals surface area contributed by atoms with Gasteiger partial charge in [-0.2, -0.15) is 5.26 Å². The van der Waals surface area contributed by atoms with E-state index < -0.39 is 0 Å². The van der Waals surface area contributed by atoms with Crippen LogP contribution in [0.4, 0.5) is 0 Å². The number of fused-ring (bicyclic) bond motifs is 1. The van der Waals surface area contributed by atoms with E-state index in [-0.39, 0.29) is 0 Å². The van der Waals surface area contributed by atoms with E-state index in [9.17, 15) is 0 Å². The van der Waals surface area contributed by atoms with Crippen LogP contribution in [-0.2, 0) is 0 Å². The predicted molar refractivity (Wildman–Crippen MR) is 37.8 cm³/mol. The second-order valence-electron chi connectivity index (χ2n) is 1.83. The van der Waals surface area contributed by atoms with Crippen molar-refractivity contribution in [3.8, 4) is 6.07 Å². The number of imidazole rings is 1. The molecule has 0 spiro atoms. The molecule has 10 heavy (non-hydrogen) atoms. The third kappa shape index (κ3) is 0.552. The van der Waals surface area contributed by atoms with Gasteiger partial charge in [-0.05, 0) is 0 Å². The van der Waals surface area contributed by atoms with Gasteiger partial charge in [0.15, 0.2) is 0 Å². The van der Waals surface area contributed by atoms with Crippen molar-refractivity contribution in [1.29, 1.82) is 5.26 Å². The maximum Gasteiger partial charge on any atom is 0.136 e. The average molecular weight is 149 g/mol. The maximum absolute atomic E-state index is 8.55. The first kappa shape index (κ1) is 5.45. The van der Waals surface area contributed by atoms with Gasteiger partial charge in [0.05, 0.1) is 6.20 Å². The van der Waals surface area contributed by atoms with Gasteiger partial charge in [-0.15, -0.1) is 11.3 Å². The second kappa shape index (κ2) is 1.82. The molecule has 0 fully saturated rings. The normalized spacial score (nSPS) is 9.90. The molecular weight excluding hydrogens is 146 g/mol. The first-order valence-corrected chi connectivity index (χ1v) is 3.59. The van der Waals surface area contributed by atoms with Gasteiger partial charge in [-0.3, -0.25) is 4.40 Å². The molecule has 0 aliphatic rings. The van der Waals surface area contributed by atoms with E-state index in [0.717, 1.165) is 4.83 Å². The molecule has 0 aliphatic heterocycles. The molecule has 0 saturated carbocycles. The number of nitrogens with zero attached hydrogens (tertiary/aromatic N) is 3. The van der Waals surface area contributed by atoms with Crippen molar-refractivity contribution < 1.29 is 0 Å². The first-order chi connectivity index (χ1) is 4.92. The lowest BCUT2D eigenvalue weighted by Gasteiger charge is -1.79. The Balaban J connectivity index is 2.92. The molecule has 0 unspecified atom stereocenters. The molecule has 2 aromatic heterocycles. The largest absolute Gasteiger partial charge is 0.281 e. The lowest BCUT2D eigenvalue weighted by Crippen LogP contribution is -1.79. The number of hydrogen-bond acceptors (Lipinski definition) is 3. The Hall–Kier alpha value is -1.34. The molecule has 0 atom stereocenters. The summed E-state index contributed by atoms with van der Waals surface area (Å²) < 4.78 is 1.77. The Bertz CT molecular complexity index is 392. The van der Waals surface area contributed by atoms with E-state index >= 15 is 0 Å². The van der Waals surface area contributed by atoms with Crippen LogP contribution >= 0.6 is 11.3 Å². The standard InChI is InChI=1S/C6H3N3S/c7-1-5-3-10-6-2-8-4-9(5)6/h2-4H. The van der Waals surface area contributed by atoms with Crippen LogP contribution in [0, 0.1) is 11.3 Å². The molecule has 0 aliphatic carbocycles. The highest BCUT2D eigenvalue weighted by Gasteiger charge is 1.99. The molecule has 3 nitrogen and oxygen atoms in total. The highest BCUT2D eigenvalue weighted by Crippen LogP contribution is 2.13. The summed E-state index contributed by atoms with van der Waals surface area (Å²) in [5, 5.41) is 10.4.